The first-order valence-corrected chi connectivity index (χ1v) is 5.45. The van der Waals surface area contributed by atoms with Crippen LogP contribution in [-0.4, -0.2) is 17.4 Å². The zero-order valence-electron chi connectivity index (χ0n) is 9.29. The fraction of sp³-hybridized carbons (Fsp3) is 0.455. The number of hydrogen-bond acceptors (Lipinski definition) is 4. The van der Waals surface area contributed by atoms with Gasteiger partial charge in [-0.1, -0.05) is 0 Å². The average Bonchev–Trinajstić information content (AvgIpc) is 2.48. The molecule has 1 aromatic heterocycles. The molecule has 3 nitrogen and oxygen atoms in total. The molecular weight excluding hydrogens is 212 g/mol. The van der Waals surface area contributed by atoms with Crippen LogP contribution in [0.3, 0.4) is 0 Å². The van der Waals surface area contributed by atoms with Gasteiger partial charge >= 0.3 is 5.97 Å². The second-order valence-corrected chi connectivity index (χ2v) is 5.13. The molecule has 0 saturated carbocycles. The van der Waals surface area contributed by atoms with E-state index < -0.39 is 11.6 Å². The van der Waals surface area contributed by atoms with Gasteiger partial charge in [-0.05, 0) is 32.9 Å². The molecule has 0 bridgehead atoms. The summed E-state index contributed by atoms with van der Waals surface area (Å²) >= 11 is 1.41. The van der Waals surface area contributed by atoms with E-state index in [0.717, 1.165) is 4.88 Å². The first-order chi connectivity index (χ1) is 6.83. The fourth-order valence-electron chi connectivity index (χ4n) is 1.26. The molecule has 4 heteroatoms. The molecule has 0 saturated heterocycles. The lowest BCUT2D eigenvalue weighted by Gasteiger charge is -2.21. The Balaban J connectivity index is 2.88. The van der Waals surface area contributed by atoms with Gasteiger partial charge in [-0.2, -0.15) is 0 Å². The second kappa shape index (κ2) is 4.14. The Hall–Kier alpha value is -1.16. The number of carbonyl (C=O) groups excluding carboxylic acids is 2. The van der Waals surface area contributed by atoms with E-state index in [0.29, 0.717) is 4.88 Å². The van der Waals surface area contributed by atoms with Crippen molar-refractivity contribution >= 4 is 23.1 Å². The topological polar surface area (TPSA) is 43.4 Å². The van der Waals surface area contributed by atoms with Crippen molar-refractivity contribution in [2.24, 2.45) is 0 Å². The van der Waals surface area contributed by atoms with Gasteiger partial charge in [-0.25, -0.2) is 0 Å². The van der Waals surface area contributed by atoms with Gasteiger partial charge in [0.2, 0.25) is 5.78 Å². The van der Waals surface area contributed by atoms with Crippen LogP contribution in [0.25, 0.3) is 0 Å². The van der Waals surface area contributed by atoms with E-state index >= 15 is 0 Å². The molecule has 1 heterocycles. The van der Waals surface area contributed by atoms with Crippen LogP contribution >= 0.6 is 11.3 Å². The fourth-order valence-corrected chi connectivity index (χ4v) is 2.22. The molecule has 0 aromatic carbocycles. The largest absolute Gasteiger partial charge is 0.451 e. The predicted molar refractivity (Wildman–Crippen MR) is 59.2 cm³/mol. The molecule has 15 heavy (non-hydrogen) atoms. The third-order valence-corrected chi connectivity index (χ3v) is 2.91. The highest BCUT2D eigenvalue weighted by molar-refractivity contribution is 7.14. The van der Waals surface area contributed by atoms with Crippen molar-refractivity contribution in [2.45, 2.75) is 33.3 Å². The number of rotatable bonds is 3. The number of ketones is 1. The zero-order valence-corrected chi connectivity index (χ0v) is 10.1. The van der Waals surface area contributed by atoms with Gasteiger partial charge < -0.3 is 4.74 Å². The summed E-state index contributed by atoms with van der Waals surface area (Å²) in [4.78, 5) is 24.5. The number of Topliss-reactive ketones (excluding diaryl/α,β-unsaturated/α-hetero) is 1. The molecule has 0 radical (unpaired) electrons. The predicted octanol–water partition coefficient (Wildman–Crippen LogP) is 2.58. The summed E-state index contributed by atoms with van der Waals surface area (Å²) in [7, 11) is 0. The van der Waals surface area contributed by atoms with Gasteiger partial charge in [-0.3, -0.25) is 9.59 Å². The number of hydrogen-bond donors (Lipinski definition) is 0. The maximum absolute atomic E-state index is 11.9. The zero-order chi connectivity index (χ0) is 11.6. The first-order valence-electron chi connectivity index (χ1n) is 4.64. The average molecular weight is 226 g/mol. The van der Waals surface area contributed by atoms with Crippen molar-refractivity contribution in [3.63, 3.8) is 0 Å². The Morgan fingerprint density at radius 2 is 1.93 bits per heavy atom. The van der Waals surface area contributed by atoms with Crippen LogP contribution in [0.15, 0.2) is 12.1 Å². The molecule has 82 valence electrons. The number of thiophene rings is 1. The van der Waals surface area contributed by atoms with Crippen LogP contribution in [0, 0.1) is 6.92 Å². The van der Waals surface area contributed by atoms with Gasteiger partial charge in [0, 0.05) is 11.8 Å². The van der Waals surface area contributed by atoms with Crippen molar-refractivity contribution in [1.29, 1.82) is 0 Å². The Bertz CT molecular complexity index is 390. The summed E-state index contributed by atoms with van der Waals surface area (Å²) < 4.78 is 4.98. The van der Waals surface area contributed by atoms with Crippen LogP contribution in [0.1, 0.15) is 35.3 Å². The van der Waals surface area contributed by atoms with Gasteiger partial charge in [0.15, 0.2) is 5.60 Å². The monoisotopic (exact) mass is 226 g/mol. The minimum Gasteiger partial charge on any atom is -0.451 e. The van der Waals surface area contributed by atoms with Gasteiger partial charge in [0.1, 0.15) is 0 Å². The molecule has 0 aliphatic carbocycles. The van der Waals surface area contributed by atoms with E-state index in [2.05, 4.69) is 0 Å². The molecule has 0 N–H and O–H groups in total. The minimum absolute atomic E-state index is 0.157. The maximum atomic E-state index is 11.9. The van der Waals surface area contributed by atoms with Crippen LogP contribution in [0.2, 0.25) is 0 Å². The van der Waals surface area contributed by atoms with Crippen molar-refractivity contribution in [3.8, 4) is 0 Å². The summed E-state index contributed by atoms with van der Waals surface area (Å²) in [5, 5.41) is 0. The van der Waals surface area contributed by atoms with Crippen LogP contribution in [-0.2, 0) is 9.53 Å². The summed E-state index contributed by atoms with van der Waals surface area (Å²) in [5.41, 5.74) is -1.08. The highest BCUT2D eigenvalue weighted by Crippen LogP contribution is 2.23. The Kier molecular flexibility index (Phi) is 3.29. The summed E-state index contributed by atoms with van der Waals surface area (Å²) in [6.07, 6.45) is 0. The van der Waals surface area contributed by atoms with Gasteiger partial charge in [0.25, 0.3) is 0 Å². The number of ether oxygens (including phenoxy) is 1. The number of aryl methyl sites for hydroxylation is 1. The standard InChI is InChI=1S/C11H14O3S/c1-7-5-6-9(15-7)10(13)11(3,4)14-8(2)12/h5-6H,1-4H3. The van der Waals surface area contributed by atoms with Gasteiger partial charge in [-0.15, -0.1) is 11.3 Å². The van der Waals surface area contributed by atoms with Gasteiger partial charge in [0.05, 0.1) is 4.88 Å². The third kappa shape index (κ3) is 2.89. The van der Waals surface area contributed by atoms with E-state index in [-0.39, 0.29) is 5.78 Å². The third-order valence-electron chi connectivity index (χ3n) is 1.91. The molecule has 0 unspecified atom stereocenters. The van der Waals surface area contributed by atoms with Crippen molar-refractivity contribution in [3.05, 3.63) is 21.9 Å². The molecule has 0 atom stereocenters. The maximum Gasteiger partial charge on any atom is 0.303 e. The Labute approximate surface area is 93.1 Å². The molecule has 1 rings (SSSR count). The molecule has 0 aliphatic heterocycles. The lowest BCUT2D eigenvalue weighted by atomic mass is 10.0. The van der Waals surface area contributed by atoms with E-state index in [9.17, 15) is 9.59 Å². The molecule has 0 spiro atoms. The molecule has 0 aliphatic rings. The van der Waals surface area contributed by atoms with E-state index in [1.54, 1.807) is 19.9 Å². The second-order valence-electron chi connectivity index (χ2n) is 3.84. The van der Waals surface area contributed by atoms with Crippen LogP contribution in [0.5, 0.6) is 0 Å². The molecule has 0 fully saturated rings. The molecular formula is C11H14O3S. The molecule has 0 amide bonds. The smallest absolute Gasteiger partial charge is 0.303 e. The summed E-state index contributed by atoms with van der Waals surface area (Å²) in [6.45, 7) is 6.44. The summed E-state index contributed by atoms with van der Waals surface area (Å²) in [5.74, 6) is -0.600. The number of esters is 1. The van der Waals surface area contributed by atoms with Crippen molar-refractivity contribution in [2.75, 3.05) is 0 Å². The minimum atomic E-state index is -1.08. The summed E-state index contributed by atoms with van der Waals surface area (Å²) in [6, 6.07) is 3.63. The van der Waals surface area contributed by atoms with Crippen molar-refractivity contribution < 1.29 is 14.3 Å². The SMILES string of the molecule is CC(=O)OC(C)(C)C(=O)c1ccc(C)s1. The number of carbonyl (C=O) groups is 2. The van der Waals surface area contributed by atoms with E-state index in [1.165, 1.54) is 18.3 Å². The lowest BCUT2D eigenvalue weighted by molar-refractivity contribution is -0.149. The van der Waals surface area contributed by atoms with Crippen molar-refractivity contribution in [1.82, 2.24) is 0 Å². The highest BCUT2D eigenvalue weighted by Gasteiger charge is 2.32. The van der Waals surface area contributed by atoms with Crippen LogP contribution < -0.4 is 0 Å². The van der Waals surface area contributed by atoms with E-state index in [4.69, 9.17) is 4.74 Å². The Morgan fingerprint density at radius 3 is 2.33 bits per heavy atom. The Morgan fingerprint density at radius 1 is 1.33 bits per heavy atom. The van der Waals surface area contributed by atoms with Crippen LogP contribution in [0.4, 0.5) is 0 Å². The van der Waals surface area contributed by atoms with E-state index in [1.807, 2.05) is 13.0 Å². The highest BCUT2D eigenvalue weighted by atomic mass is 32.1. The quantitative estimate of drug-likeness (QED) is 0.587. The normalized spacial score (nSPS) is 11.2. The lowest BCUT2D eigenvalue weighted by Crippen LogP contribution is -2.36. The first kappa shape index (κ1) is 11.9. The molecule has 1 aromatic rings.